The Kier molecular flexibility index (Phi) is 3.49. The lowest BCUT2D eigenvalue weighted by atomic mass is 9.93. The molecule has 1 aromatic heterocycles. The van der Waals surface area contributed by atoms with Gasteiger partial charge in [-0.25, -0.2) is 4.98 Å². The number of amides is 1. The van der Waals surface area contributed by atoms with Crippen LogP contribution < -0.4 is 11.1 Å². The van der Waals surface area contributed by atoms with Crippen LogP contribution in [0.5, 0.6) is 5.75 Å². The van der Waals surface area contributed by atoms with E-state index < -0.39 is 5.41 Å². The van der Waals surface area contributed by atoms with Crippen LogP contribution in [0.15, 0.2) is 12.1 Å². The quantitative estimate of drug-likeness (QED) is 0.713. The van der Waals surface area contributed by atoms with Crippen LogP contribution in [0, 0.1) is 12.3 Å². The zero-order chi connectivity index (χ0) is 12.3. The Morgan fingerprint density at radius 2 is 2.19 bits per heavy atom. The number of rotatable bonds is 3. The predicted octanol–water partition coefficient (Wildman–Crippen LogP) is 1.02. The van der Waals surface area contributed by atoms with E-state index in [4.69, 9.17) is 5.73 Å². The summed E-state index contributed by atoms with van der Waals surface area (Å²) in [6.07, 6.45) is 0. The van der Waals surface area contributed by atoms with E-state index in [9.17, 15) is 9.90 Å². The predicted molar refractivity (Wildman–Crippen MR) is 62.1 cm³/mol. The summed E-state index contributed by atoms with van der Waals surface area (Å²) in [5.41, 5.74) is 5.52. The molecular formula is C11H17N3O2. The summed E-state index contributed by atoms with van der Waals surface area (Å²) in [5, 5.41) is 12.1. The second-order valence-electron chi connectivity index (χ2n) is 4.36. The van der Waals surface area contributed by atoms with Crippen molar-refractivity contribution in [1.29, 1.82) is 0 Å². The number of pyridine rings is 1. The Hall–Kier alpha value is -1.62. The van der Waals surface area contributed by atoms with Gasteiger partial charge in [0.15, 0.2) is 11.6 Å². The molecule has 5 nitrogen and oxygen atoms in total. The summed E-state index contributed by atoms with van der Waals surface area (Å²) >= 11 is 0. The fraction of sp³-hybridized carbons (Fsp3) is 0.455. The number of hydrogen-bond donors (Lipinski definition) is 3. The van der Waals surface area contributed by atoms with Gasteiger partial charge >= 0.3 is 0 Å². The smallest absolute Gasteiger partial charge is 0.232 e. The second kappa shape index (κ2) is 4.49. The van der Waals surface area contributed by atoms with Crippen LogP contribution >= 0.6 is 0 Å². The van der Waals surface area contributed by atoms with E-state index in [1.165, 1.54) is 6.07 Å². The summed E-state index contributed by atoms with van der Waals surface area (Å²) in [6.45, 7) is 5.47. The number of nitrogens with one attached hydrogen (secondary N) is 1. The number of aromatic nitrogens is 1. The number of aromatic hydroxyl groups is 1. The molecule has 1 rings (SSSR count). The van der Waals surface area contributed by atoms with Gasteiger partial charge in [0.2, 0.25) is 5.91 Å². The van der Waals surface area contributed by atoms with E-state index in [0.717, 1.165) is 5.69 Å². The van der Waals surface area contributed by atoms with Crippen LogP contribution in [-0.4, -0.2) is 22.5 Å². The molecule has 0 atom stereocenters. The van der Waals surface area contributed by atoms with Gasteiger partial charge in [-0.2, -0.15) is 0 Å². The summed E-state index contributed by atoms with van der Waals surface area (Å²) in [4.78, 5) is 15.8. The average molecular weight is 223 g/mol. The SMILES string of the molecule is Cc1ccc(O)c(NC(=O)C(C)(C)CN)n1. The van der Waals surface area contributed by atoms with Crippen LogP contribution in [0.3, 0.4) is 0 Å². The molecule has 4 N–H and O–H groups in total. The number of hydrogen-bond acceptors (Lipinski definition) is 4. The molecule has 1 amide bonds. The van der Waals surface area contributed by atoms with Gasteiger partial charge in [-0.05, 0) is 32.9 Å². The standard InChI is InChI=1S/C11H17N3O2/c1-7-4-5-8(15)9(13-7)14-10(16)11(2,3)6-12/h4-5,15H,6,12H2,1-3H3,(H,13,14,16). The topological polar surface area (TPSA) is 88.2 Å². The molecule has 16 heavy (non-hydrogen) atoms. The fourth-order valence-corrected chi connectivity index (χ4v) is 1.01. The van der Waals surface area contributed by atoms with Crippen LogP contribution in [0.2, 0.25) is 0 Å². The summed E-state index contributed by atoms with van der Waals surface area (Å²) in [6, 6.07) is 3.16. The first kappa shape index (κ1) is 12.4. The first-order valence-corrected chi connectivity index (χ1v) is 5.05. The van der Waals surface area contributed by atoms with Crippen molar-refractivity contribution >= 4 is 11.7 Å². The minimum Gasteiger partial charge on any atom is -0.504 e. The highest BCUT2D eigenvalue weighted by Crippen LogP contribution is 2.23. The monoisotopic (exact) mass is 223 g/mol. The minimum atomic E-state index is -0.683. The lowest BCUT2D eigenvalue weighted by Gasteiger charge is -2.21. The van der Waals surface area contributed by atoms with Crippen molar-refractivity contribution in [2.24, 2.45) is 11.1 Å². The third-order valence-electron chi connectivity index (χ3n) is 2.37. The number of carbonyl (C=O) groups is 1. The van der Waals surface area contributed by atoms with Crippen molar-refractivity contribution in [1.82, 2.24) is 4.98 Å². The van der Waals surface area contributed by atoms with E-state index in [2.05, 4.69) is 10.3 Å². The third kappa shape index (κ3) is 2.70. The molecule has 0 saturated carbocycles. The van der Waals surface area contributed by atoms with Crippen molar-refractivity contribution in [3.8, 4) is 5.75 Å². The number of carbonyl (C=O) groups excluding carboxylic acids is 1. The van der Waals surface area contributed by atoms with Crippen molar-refractivity contribution in [3.05, 3.63) is 17.8 Å². The maximum absolute atomic E-state index is 11.8. The summed E-state index contributed by atoms with van der Waals surface area (Å²) in [7, 11) is 0. The molecule has 0 unspecified atom stereocenters. The molecule has 0 bridgehead atoms. The van der Waals surface area contributed by atoms with E-state index in [1.807, 2.05) is 0 Å². The van der Waals surface area contributed by atoms with E-state index in [-0.39, 0.29) is 24.0 Å². The molecule has 0 spiro atoms. The number of nitrogens with two attached hydrogens (primary N) is 1. The molecule has 1 heterocycles. The van der Waals surface area contributed by atoms with Crippen LogP contribution in [0.25, 0.3) is 0 Å². The van der Waals surface area contributed by atoms with Crippen molar-refractivity contribution in [2.75, 3.05) is 11.9 Å². The van der Waals surface area contributed by atoms with Gasteiger partial charge in [0, 0.05) is 12.2 Å². The number of nitrogens with zero attached hydrogens (tertiary/aromatic N) is 1. The Balaban J connectivity index is 2.89. The van der Waals surface area contributed by atoms with Gasteiger partial charge in [0.05, 0.1) is 5.41 Å². The van der Waals surface area contributed by atoms with E-state index in [0.29, 0.717) is 0 Å². The maximum Gasteiger partial charge on any atom is 0.232 e. The number of anilines is 1. The van der Waals surface area contributed by atoms with Gasteiger partial charge in [0.25, 0.3) is 0 Å². The Labute approximate surface area is 94.7 Å². The molecule has 0 radical (unpaired) electrons. The Morgan fingerprint density at radius 3 is 2.75 bits per heavy atom. The molecule has 0 aliphatic heterocycles. The normalized spacial score (nSPS) is 11.2. The Morgan fingerprint density at radius 1 is 1.56 bits per heavy atom. The molecule has 0 aliphatic rings. The highest BCUT2D eigenvalue weighted by Gasteiger charge is 2.26. The zero-order valence-corrected chi connectivity index (χ0v) is 9.74. The van der Waals surface area contributed by atoms with Crippen LogP contribution in [-0.2, 0) is 4.79 Å². The van der Waals surface area contributed by atoms with E-state index >= 15 is 0 Å². The molecule has 5 heteroatoms. The average Bonchev–Trinajstić information content (AvgIpc) is 2.23. The van der Waals surface area contributed by atoms with Crippen LogP contribution in [0.1, 0.15) is 19.5 Å². The van der Waals surface area contributed by atoms with Crippen molar-refractivity contribution in [2.45, 2.75) is 20.8 Å². The summed E-state index contributed by atoms with van der Waals surface area (Å²) in [5.74, 6) is -0.137. The van der Waals surface area contributed by atoms with Crippen molar-refractivity contribution < 1.29 is 9.90 Å². The van der Waals surface area contributed by atoms with Gasteiger partial charge in [-0.15, -0.1) is 0 Å². The lowest BCUT2D eigenvalue weighted by molar-refractivity contribution is -0.123. The molecule has 88 valence electrons. The van der Waals surface area contributed by atoms with Gasteiger partial charge < -0.3 is 16.2 Å². The fourth-order valence-electron chi connectivity index (χ4n) is 1.01. The maximum atomic E-state index is 11.8. The molecule has 0 aromatic carbocycles. The van der Waals surface area contributed by atoms with Crippen LogP contribution in [0.4, 0.5) is 5.82 Å². The first-order valence-electron chi connectivity index (χ1n) is 5.05. The lowest BCUT2D eigenvalue weighted by Crippen LogP contribution is -2.37. The Bertz CT molecular complexity index is 402. The van der Waals surface area contributed by atoms with Gasteiger partial charge in [0.1, 0.15) is 0 Å². The largest absolute Gasteiger partial charge is 0.504 e. The molecule has 0 saturated heterocycles. The molecule has 1 aromatic rings. The highest BCUT2D eigenvalue weighted by molar-refractivity contribution is 5.95. The zero-order valence-electron chi connectivity index (χ0n) is 9.74. The highest BCUT2D eigenvalue weighted by atomic mass is 16.3. The molecular weight excluding hydrogens is 206 g/mol. The van der Waals surface area contributed by atoms with E-state index in [1.54, 1.807) is 26.8 Å². The van der Waals surface area contributed by atoms with Gasteiger partial charge in [-0.1, -0.05) is 0 Å². The number of aryl methyl sites for hydroxylation is 1. The van der Waals surface area contributed by atoms with Crippen molar-refractivity contribution in [3.63, 3.8) is 0 Å². The first-order chi connectivity index (χ1) is 7.36. The minimum absolute atomic E-state index is 0.0493. The van der Waals surface area contributed by atoms with Gasteiger partial charge in [-0.3, -0.25) is 4.79 Å². The second-order valence-corrected chi connectivity index (χ2v) is 4.36. The molecule has 0 aliphatic carbocycles. The molecule has 0 fully saturated rings. The summed E-state index contributed by atoms with van der Waals surface area (Å²) < 4.78 is 0. The third-order valence-corrected chi connectivity index (χ3v) is 2.37.